The van der Waals surface area contributed by atoms with Gasteiger partial charge in [0.1, 0.15) is 0 Å². The molecule has 0 radical (unpaired) electrons. The zero-order valence-electron chi connectivity index (χ0n) is 11.4. The maximum Gasteiger partial charge on any atom is 0.321 e. The number of aliphatic hydroxyl groups is 1. The van der Waals surface area contributed by atoms with Crippen LogP contribution in [0.15, 0.2) is 0 Å². The molecule has 1 aliphatic rings. The van der Waals surface area contributed by atoms with Gasteiger partial charge in [-0.2, -0.15) is 0 Å². The van der Waals surface area contributed by atoms with Gasteiger partial charge in [0.15, 0.2) is 0 Å². The molecular formula is C12H23N3O4. The van der Waals surface area contributed by atoms with Crippen molar-refractivity contribution in [3.63, 3.8) is 0 Å². The van der Waals surface area contributed by atoms with E-state index in [-0.39, 0.29) is 25.2 Å². The van der Waals surface area contributed by atoms with Gasteiger partial charge < -0.3 is 15.2 Å². The van der Waals surface area contributed by atoms with Crippen molar-refractivity contribution in [1.82, 2.24) is 15.5 Å². The molecule has 0 spiro atoms. The van der Waals surface area contributed by atoms with Crippen LogP contribution in [0.25, 0.3) is 0 Å². The minimum absolute atomic E-state index is 0.0599. The molecule has 0 saturated carbocycles. The smallest absolute Gasteiger partial charge is 0.321 e. The first-order valence-electron chi connectivity index (χ1n) is 6.68. The van der Waals surface area contributed by atoms with Crippen LogP contribution >= 0.6 is 0 Å². The molecule has 1 unspecified atom stereocenters. The van der Waals surface area contributed by atoms with Crippen molar-refractivity contribution in [2.75, 3.05) is 39.4 Å². The molecule has 0 aromatic carbocycles. The number of carbonyl (C=O) groups excluding carboxylic acids is 2. The zero-order chi connectivity index (χ0) is 14.1. The molecule has 0 aromatic heterocycles. The van der Waals surface area contributed by atoms with Gasteiger partial charge in [0.2, 0.25) is 5.91 Å². The molecule has 1 fully saturated rings. The number of carbonyl (C=O) groups is 2. The minimum Gasteiger partial charge on any atom is -0.394 e. The normalized spacial score (nSPS) is 20.0. The number of unbranched alkanes of at least 4 members (excludes halogenated alkanes) is 1. The van der Waals surface area contributed by atoms with Crippen molar-refractivity contribution in [3.8, 4) is 0 Å². The summed E-state index contributed by atoms with van der Waals surface area (Å²) in [5.41, 5.74) is 0. The first kappa shape index (κ1) is 15.9. The molecule has 1 atom stereocenters. The van der Waals surface area contributed by atoms with Gasteiger partial charge in [-0.25, -0.2) is 4.79 Å². The van der Waals surface area contributed by atoms with E-state index in [4.69, 9.17) is 9.84 Å². The quantitative estimate of drug-likeness (QED) is 0.557. The Bertz CT molecular complexity index is 299. The number of ether oxygens (including phenoxy) is 1. The van der Waals surface area contributed by atoms with E-state index in [1.165, 1.54) is 0 Å². The number of morpholine rings is 1. The average molecular weight is 273 g/mol. The van der Waals surface area contributed by atoms with Crippen LogP contribution in [-0.4, -0.2) is 67.4 Å². The van der Waals surface area contributed by atoms with Gasteiger partial charge in [-0.15, -0.1) is 0 Å². The lowest BCUT2D eigenvalue weighted by Gasteiger charge is -2.31. The molecule has 1 aliphatic heterocycles. The van der Waals surface area contributed by atoms with E-state index in [0.29, 0.717) is 26.2 Å². The van der Waals surface area contributed by atoms with Gasteiger partial charge >= 0.3 is 6.03 Å². The van der Waals surface area contributed by atoms with Crippen molar-refractivity contribution in [3.05, 3.63) is 0 Å². The number of hydrogen-bond acceptors (Lipinski definition) is 5. The fourth-order valence-corrected chi connectivity index (χ4v) is 1.83. The summed E-state index contributed by atoms with van der Waals surface area (Å²) in [6.45, 7) is 4.29. The van der Waals surface area contributed by atoms with Crippen molar-refractivity contribution in [2.45, 2.75) is 25.9 Å². The Labute approximate surface area is 113 Å². The summed E-state index contributed by atoms with van der Waals surface area (Å²) in [6.07, 6.45) is 1.63. The maximum absolute atomic E-state index is 11.6. The predicted molar refractivity (Wildman–Crippen MR) is 69.7 cm³/mol. The fraction of sp³-hybridized carbons (Fsp3) is 0.833. The number of imide groups is 1. The highest BCUT2D eigenvalue weighted by molar-refractivity contribution is 5.95. The van der Waals surface area contributed by atoms with Crippen LogP contribution in [0.3, 0.4) is 0 Å². The van der Waals surface area contributed by atoms with E-state index in [1.807, 2.05) is 11.8 Å². The van der Waals surface area contributed by atoms with Gasteiger partial charge in [-0.1, -0.05) is 13.3 Å². The summed E-state index contributed by atoms with van der Waals surface area (Å²) in [5.74, 6) is -0.340. The van der Waals surface area contributed by atoms with Crippen molar-refractivity contribution >= 4 is 11.9 Å². The van der Waals surface area contributed by atoms with E-state index in [0.717, 1.165) is 12.8 Å². The standard InChI is InChI=1S/C12H23N3O4/c1-2-3-4-13-12(18)14-11(17)8-15-5-6-19-10(7-15)9-16/h10,16H,2-9H2,1H3,(H2,13,14,17,18). The average Bonchev–Trinajstić information content (AvgIpc) is 2.39. The lowest BCUT2D eigenvalue weighted by molar-refractivity contribution is -0.123. The summed E-state index contributed by atoms with van der Waals surface area (Å²) in [5, 5.41) is 13.9. The highest BCUT2D eigenvalue weighted by Gasteiger charge is 2.21. The molecule has 7 nitrogen and oxygen atoms in total. The molecule has 19 heavy (non-hydrogen) atoms. The number of nitrogens with zero attached hydrogens (tertiary/aromatic N) is 1. The number of hydrogen-bond donors (Lipinski definition) is 3. The monoisotopic (exact) mass is 273 g/mol. The number of aliphatic hydroxyl groups excluding tert-OH is 1. The van der Waals surface area contributed by atoms with Gasteiger partial charge in [-0.3, -0.25) is 15.0 Å². The first-order chi connectivity index (χ1) is 9.15. The molecule has 1 rings (SSSR count). The Hall–Kier alpha value is -1.18. The molecule has 0 bridgehead atoms. The lowest BCUT2D eigenvalue weighted by Crippen LogP contribution is -2.50. The third-order valence-electron chi connectivity index (χ3n) is 2.86. The molecule has 3 amide bonds. The molecule has 110 valence electrons. The lowest BCUT2D eigenvalue weighted by atomic mass is 10.3. The van der Waals surface area contributed by atoms with Crippen LogP contribution in [0.1, 0.15) is 19.8 Å². The molecule has 0 aliphatic carbocycles. The third kappa shape index (κ3) is 6.51. The van der Waals surface area contributed by atoms with E-state index in [1.54, 1.807) is 0 Å². The third-order valence-corrected chi connectivity index (χ3v) is 2.86. The van der Waals surface area contributed by atoms with Crippen LogP contribution in [0.5, 0.6) is 0 Å². The summed E-state index contributed by atoms with van der Waals surface area (Å²) >= 11 is 0. The van der Waals surface area contributed by atoms with Gasteiger partial charge in [0, 0.05) is 19.6 Å². The van der Waals surface area contributed by atoms with Crippen LogP contribution in [0.2, 0.25) is 0 Å². The predicted octanol–water partition coefficient (Wildman–Crippen LogP) is -0.695. The molecular weight excluding hydrogens is 250 g/mol. The Balaban J connectivity index is 2.21. The number of rotatable bonds is 6. The van der Waals surface area contributed by atoms with Crippen molar-refractivity contribution < 1.29 is 19.4 Å². The van der Waals surface area contributed by atoms with E-state index >= 15 is 0 Å². The van der Waals surface area contributed by atoms with Crippen molar-refractivity contribution in [1.29, 1.82) is 0 Å². The number of urea groups is 1. The number of amides is 3. The highest BCUT2D eigenvalue weighted by Crippen LogP contribution is 2.03. The SMILES string of the molecule is CCCCNC(=O)NC(=O)CN1CCOC(CO)C1. The second-order valence-electron chi connectivity index (χ2n) is 4.57. The summed E-state index contributed by atoms with van der Waals surface area (Å²) in [4.78, 5) is 24.9. The molecule has 1 saturated heterocycles. The summed E-state index contributed by atoms with van der Waals surface area (Å²) < 4.78 is 5.28. The second-order valence-corrected chi connectivity index (χ2v) is 4.57. The zero-order valence-corrected chi connectivity index (χ0v) is 11.4. The molecule has 0 aromatic rings. The van der Waals surface area contributed by atoms with Crippen LogP contribution < -0.4 is 10.6 Å². The maximum atomic E-state index is 11.6. The minimum atomic E-state index is -0.453. The van der Waals surface area contributed by atoms with E-state index in [9.17, 15) is 9.59 Å². The van der Waals surface area contributed by atoms with Gasteiger partial charge in [-0.05, 0) is 6.42 Å². The summed E-state index contributed by atoms with van der Waals surface area (Å²) in [7, 11) is 0. The molecule has 1 heterocycles. The Morgan fingerprint density at radius 2 is 2.26 bits per heavy atom. The Morgan fingerprint density at radius 3 is 2.95 bits per heavy atom. The number of nitrogens with one attached hydrogen (secondary N) is 2. The van der Waals surface area contributed by atoms with Crippen LogP contribution in [-0.2, 0) is 9.53 Å². The molecule has 3 N–H and O–H groups in total. The van der Waals surface area contributed by atoms with E-state index in [2.05, 4.69) is 10.6 Å². The van der Waals surface area contributed by atoms with Crippen LogP contribution in [0, 0.1) is 0 Å². The Kier molecular flexibility index (Phi) is 7.39. The Morgan fingerprint density at radius 1 is 1.47 bits per heavy atom. The van der Waals surface area contributed by atoms with Crippen molar-refractivity contribution in [2.24, 2.45) is 0 Å². The largest absolute Gasteiger partial charge is 0.394 e. The first-order valence-corrected chi connectivity index (χ1v) is 6.68. The summed E-state index contributed by atoms with van der Waals surface area (Å²) in [6, 6.07) is -0.453. The van der Waals surface area contributed by atoms with E-state index < -0.39 is 6.03 Å². The fourth-order valence-electron chi connectivity index (χ4n) is 1.83. The van der Waals surface area contributed by atoms with Crippen LogP contribution in [0.4, 0.5) is 4.79 Å². The van der Waals surface area contributed by atoms with Gasteiger partial charge in [0.05, 0.1) is 25.9 Å². The highest BCUT2D eigenvalue weighted by atomic mass is 16.5. The topological polar surface area (TPSA) is 90.9 Å². The van der Waals surface area contributed by atoms with Gasteiger partial charge in [0.25, 0.3) is 0 Å². The molecule has 7 heteroatoms. The second kappa shape index (κ2) is 8.84.